The highest BCUT2D eigenvalue weighted by molar-refractivity contribution is 8.76. The first-order valence-electron chi connectivity index (χ1n) is 4.51. The lowest BCUT2D eigenvalue weighted by Gasteiger charge is -2.26. The van der Waals surface area contributed by atoms with Gasteiger partial charge in [-0.05, 0) is 6.92 Å². The molecule has 76 valence electrons. The van der Waals surface area contributed by atoms with Crippen LogP contribution in [0.15, 0.2) is 0 Å². The zero-order valence-corrected chi connectivity index (χ0v) is 9.59. The fourth-order valence-electron chi connectivity index (χ4n) is 1.43. The molecule has 1 heterocycles. The van der Waals surface area contributed by atoms with Gasteiger partial charge in [0.1, 0.15) is 0 Å². The molecule has 5 heteroatoms. The smallest absolute Gasteiger partial charge is 0.0920 e. The van der Waals surface area contributed by atoms with E-state index in [1.54, 1.807) is 0 Å². The Morgan fingerprint density at radius 3 is 2.46 bits per heavy atom. The molecule has 0 radical (unpaired) electrons. The van der Waals surface area contributed by atoms with Crippen molar-refractivity contribution in [3.8, 4) is 0 Å². The molecule has 0 aromatic rings. The van der Waals surface area contributed by atoms with Crippen molar-refractivity contribution < 1.29 is 0 Å². The van der Waals surface area contributed by atoms with Gasteiger partial charge in [0.05, 0.1) is 5.84 Å². The molecule has 1 aliphatic rings. The topological polar surface area (TPSA) is 53.1 Å². The molecule has 0 aromatic carbocycles. The van der Waals surface area contributed by atoms with E-state index in [9.17, 15) is 0 Å². The summed E-state index contributed by atoms with van der Waals surface area (Å²) in [6, 6.07) is 0.428. The predicted molar refractivity (Wildman–Crippen MR) is 62.5 cm³/mol. The molecule has 0 spiro atoms. The van der Waals surface area contributed by atoms with Gasteiger partial charge in [-0.25, -0.2) is 0 Å². The number of hydrogen-bond donors (Lipinski definition) is 2. The van der Waals surface area contributed by atoms with Crippen molar-refractivity contribution in [2.24, 2.45) is 5.73 Å². The minimum Gasteiger partial charge on any atom is -0.388 e. The number of nitrogens with two attached hydrogens (primary N) is 1. The molecule has 1 aliphatic heterocycles. The van der Waals surface area contributed by atoms with Crippen LogP contribution in [0.1, 0.15) is 13.3 Å². The third kappa shape index (κ3) is 4.24. The Hall–Kier alpha value is 0.130. The molecular formula is C8H17N3S2. The molecule has 0 saturated carbocycles. The van der Waals surface area contributed by atoms with E-state index >= 15 is 0 Å². The Morgan fingerprint density at radius 2 is 2.00 bits per heavy atom. The summed E-state index contributed by atoms with van der Waals surface area (Å²) in [7, 11) is 3.89. The first-order valence-corrected chi connectivity index (χ1v) is 7.00. The number of amidine groups is 1. The number of rotatable bonds is 3. The molecule has 0 aromatic heterocycles. The van der Waals surface area contributed by atoms with Crippen LogP contribution in [-0.4, -0.2) is 41.4 Å². The molecule has 1 atom stereocenters. The summed E-state index contributed by atoms with van der Waals surface area (Å²) in [5.41, 5.74) is 5.39. The lowest BCUT2D eigenvalue weighted by Crippen LogP contribution is -2.38. The second kappa shape index (κ2) is 5.78. The Morgan fingerprint density at radius 1 is 1.46 bits per heavy atom. The normalized spacial score (nSPS) is 22.2. The van der Waals surface area contributed by atoms with Gasteiger partial charge in [-0.15, -0.1) is 0 Å². The van der Waals surface area contributed by atoms with Crippen LogP contribution in [0.4, 0.5) is 0 Å². The summed E-state index contributed by atoms with van der Waals surface area (Å²) in [5, 5.41) is 7.24. The van der Waals surface area contributed by atoms with E-state index in [-0.39, 0.29) is 0 Å². The monoisotopic (exact) mass is 219 g/mol. The van der Waals surface area contributed by atoms with Crippen LogP contribution in [0, 0.1) is 5.41 Å². The van der Waals surface area contributed by atoms with E-state index in [4.69, 9.17) is 11.1 Å². The largest absolute Gasteiger partial charge is 0.388 e. The van der Waals surface area contributed by atoms with Gasteiger partial charge < -0.3 is 5.73 Å². The van der Waals surface area contributed by atoms with Crippen LogP contribution in [0.3, 0.4) is 0 Å². The van der Waals surface area contributed by atoms with E-state index < -0.39 is 0 Å². The second-order valence-electron chi connectivity index (χ2n) is 3.26. The van der Waals surface area contributed by atoms with Crippen LogP contribution >= 0.6 is 21.6 Å². The highest BCUT2D eigenvalue weighted by Gasteiger charge is 2.16. The van der Waals surface area contributed by atoms with Crippen molar-refractivity contribution in [2.45, 2.75) is 19.4 Å². The molecule has 0 bridgehead atoms. The molecule has 0 amide bonds. The van der Waals surface area contributed by atoms with Crippen LogP contribution < -0.4 is 5.73 Å². The number of hydrogen-bond acceptors (Lipinski definition) is 4. The third-order valence-electron chi connectivity index (χ3n) is 2.15. The van der Waals surface area contributed by atoms with Crippen molar-refractivity contribution in [2.75, 3.05) is 24.6 Å². The predicted octanol–water partition coefficient (Wildman–Crippen LogP) is 1.40. The van der Waals surface area contributed by atoms with E-state index in [1.807, 2.05) is 21.6 Å². The maximum Gasteiger partial charge on any atom is 0.0920 e. The van der Waals surface area contributed by atoms with Crippen LogP contribution in [0.25, 0.3) is 0 Å². The van der Waals surface area contributed by atoms with Gasteiger partial charge in [-0.1, -0.05) is 21.6 Å². The van der Waals surface area contributed by atoms with Crippen LogP contribution in [0.2, 0.25) is 0 Å². The summed E-state index contributed by atoms with van der Waals surface area (Å²) in [6.07, 6.45) is 0.704. The van der Waals surface area contributed by atoms with Crippen LogP contribution in [-0.2, 0) is 0 Å². The van der Waals surface area contributed by atoms with E-state index in [2.05, 4.69) is 11.8 Å². The Kier molecular flexibility index (Phi) is 4.98. The van der Waals surface area contributed by atoms with Gasteiger partial charge in [0.2, 0.25) is 0 Å². The first-order chi connectivity index (χ1) is 6.20. The average molecular weight is 219 g/mol. The van der Waals surface area contributed by atoms with Crippen molar-refractivity contribution in [1.29, 1.82) is 5.41 Å². The van der Waals surface area contributed by atoms with Gasteiger partial charge in [0.15, 0.2) is 0 Å². The SMILES string of the molecule is CC(CC(=N)N)N1CCSSCC1. The van der Waals surface area contributed by atoms with E-state index in [0.717, 1.165) is 13.1 Å². The molecule has 3 N–H and O–H groups in total. The lowest BCUT2D eigenvalue weighted by molar-refractivity contribution is 0.241. The highest BCUT2D eigenvalue weighted by Crippen LogP contribution is 2.24. The molecule has 1 fully saturated rings. The first kappa shape index (κ1) is 11.2. The maximum absolute atomic E-state index is 7.24. The van der Waals surface area contributed by atoms with Crippen LogP contribution in [0.5, 0.6) is 0 Å². The van der Waals surface area contributed by atoms with Gasteiger partial charge in [0, 0.05) is 37.1 Å². The van der Waals surface area contributed by atoms with Gasteiger partial charge in [-0.3, -0.25) is 10.3 Å². The van der Waals surface area contributed by atoms with Gasteiger partial charge >= 0.3 is 0 Å². The second-order valence-corrected chi connectivity index (χ2v) is 5.96. The third-order valence-corrected chi connectivity index (χ3v) is 4.51. The Balaban J connectivity index is 2.34. The molecule has 1 saturated heterocycles. The van der Waals surface area contributed by atoms with Gasteiger partial charge in [0.25, 0.3) is 0 Å². The standard InChI is InChI=1S/C8H17N3S2/c1-7(6-8(9)10)11-2-4-12-13-5-3-11/h7H,2-6H2,1H3,(H3,9,10). The molecule has 1 rings (SSSR count). The Bertz CT molecular complexity index is 167. The van der Waals surface area contributed by atoms with E-state index in [1.165, 1.54) is 11.5 Å². The fraction of sp³-hybridized carbons (Fsp3) is 0.875. The lowest BCUT2D eigenvalue weighted by atomic mass is 10.2. The maximum atomic E-state index is 7.24. The van der Waals surface area contributed by atoms with Crippen molar-refractivity contribution in [3.63, 3.8) is 0 Å². The Labute approximate surface area is 87.7 Å². The summed E-state index contributed by atoms with van der Waals surface area (Å²) in [6.45, 7) is 4.42. The van der Waals surface area contributed by atoms with Gasteiger partial charge in [-0.2, -0.15) is 0 Å². The fourth-order valence-corrected chi connectivity index (χ4v) is 3.43. The number of nitrogens with zero attached hydrogens (tertiary/aromatic N) is 1. The number of nitrogens with one attached hydrogen (secondary N) is 1. The summed E-state index contributed by atoms with van der Waals surface area (Å²) in [4.78, 5) is 2.42. The highest BCUT2D eigenvalue weighted by atomic mass is 33.1. The zero-order valence-electron chi connectivity index (χ0n) is 7.95. The molecule has 3 nitrogen and oxygen atoms in total. The summed E-state index contributed by atoms with van der Waals surface area (Å²) >= 11 is 0. The zero-order chi connectivity index (χ0) is 9.68. The minimum absolute atomic E-state index is 0.303. The summed E-state index contributed by atoms with van der Waals surface area (Å²) in [5.74, 6) is 2.68. The summed E-state index contributed by atoms with van der Waals surface area (Å²) < 4.78 is 0. The van der Waals surface area contributed by atoms with Crippen molar-refractivity contribution >= 4 is 27.4 Å². The van der Waals surface area contributed by atoms with Crippen molar-refractivity contribution in [1.82, 2.24) is 4.90 Å². The molecule has 13 heavy (non-hydrogen) atoms. The van der Waals surface area contributed by atoms with Crippen molar-refractivity contribution in [3.05, 3.63) is 0 Å². The molecule has 0 aliphatic carbocycles. The average Bonchev–Trinajstić information content (AvgIpc) is 2.29. The van der Waals surface area contributed by atoms with E-state index in [0.29, 0.717) is 18.3 Å². The molecular weight excluding hydrogens is 202 g/mol. The molecule has 1 unspecified atom stereocenters. The quantitative estimate of drug-likeness (QED) is 0.428. The minimum atomic E-state index is 0.303.